The van der Waals surface area contributed by atoms with Gasteiger partial charge in [0.05, 0.1) is 19.1 Å². The first-order chi connectivity index (χ1) is 8.02. The van der Waals surface area contributed by atoms with Gasteiger partial charge in [0.1, 0.15) is 0 Å². The number of nitrogens with zero attached hydrogens (tertiary/aromatic N) is 2. The second-order valence-electron chi connectivity index (χ2n) is 4.39. The molecule has 0 spiro atoms. The molecular formula is C12H23N3O2. The summed E-state index contributed by atoms with van der Waals surface area (Å²) in [7, 11) is 1.59. The Labute approximate surface area is 104 Å². The normalized spacial score (nSPS) is 12.2. The Morgan fingerprint density at radius 1 is 1.47 bits per heavy atom. The number of nitrogens with two attached hydrogens (primary N) is 1. The Morgan fingerprint density at radius 3 is 2.59 bits per heavy atom. The predicted octanol–water partition coefficient (Wildman–Crippen LogP) is 0.748. The summed E-state index contributed by atoms with van der Waals surface area (Å²) >= 11 is 0. The topological polar surface area (TPSA) is 79.3 Å². The van der Waals surface area contributed by atoms with Crippen LogP contribution in [-0.2, 0) is 9.53 Å². The molecule has 98 valence electrons. The van der Waals surface area contributed by atoms with Crippen LogP contribution in [-0.4, -0.2) is 43.7 Å². The molecule has 5 nitrogen and oxygen atoms in total. The maximum absolute atomic E-state index is 12.0. The van der Waals surface area contributed by atoms with E-state index in [1.54, 1.807) is 12.0 Å². The highest BCUT2D eigenvalue weighted by Gasteiger charge is 2.18. The number of ether oxygens (including phenoxy) is 1. The van der Waals surface area contributed by atoms with E-state index in [0.29, 0.717) is 32.5 Å². The van der Waals surface area contributed by atoms with Gasteiger partial charge in [0.15, 0.2) is 0 Å². The Hall–Kier alpha value is -1.12. The molecule has 0 saturated carbocycles. The number of hydrogen-bond acceptors (Lipinski definition) is 4. The zero-order chi connectivity index (χ0) is 13.3. The zero-order valence-corrected chi connectivity index (χ0v) is 11.0. The van der Waals surface area contributed by atoms with Crippen LogP contribution in [0.3, 0.4) is 0 Å². The van der Waals surface area contributed by atoms with Crippen LogP contribution < -0.4 is 5.73 Å². The standard InChI is InChI=1S/C12H23N3O2/c1-10(2)11(14)9-12(16)15(6-4-5-13)7-8-17-3/h10-11H,4,6-9,14H2,1-3H3. The number of carbonyl (C=O) groups is 1. The zero-order valence-electron chi connectivity index (χ0n) is 11.0. The molecule has 0 aliphatic carbocycles. The number of hydrogen-bond donors (Lipinski definition) is 1. The minimum atomic E-state index is -0.130. The lowest BCUT2D eigenvalue weighted by molar-refractivity contribution is -0.132. The Kier molecular flexibility index (Phi) is 8.38. The molecule has 1 atom stereocenters. The molecule has 0 saturated heterocycles. The number of rotatable bonds is 8. The van der Waals surface area contributed by atoms with E-state index in [9.17, 15) is 4.79 Å². The van der Waals surface area contributed by atoms with Gasteiger partial charge in [-0.15, -0.1) is 0 Å². The molecule has 0 aromatic heterocycles. The monoisotopic (exact) mass is 241 g/mol. The number of nitriles is 1. The molecular weight excluding hydrogens is 218 g/mol. The van der Waals surface area contributed by atoms with Gasteiger partial charge in [-0.3, -0.25) is 4.79 Å². The van der Waals surface area contributed by atoms with Gasteiger partial charge in [0.2, 0.25) is 5.91 Å². The van der Waals surface area contributed by atoms with E-state index >= 15 is 0 Å². The van der Waals surface area contributed by atoms with Crippen LogP contribution >= 0.6 is 0 Å². The number of methoxy groups -OCH3 is 1. The van der Waals surface area contributed by atoms with Crippen molar-refractivity contribution >= 4 is 5.91 Å². The molecule has 1 unspecified atom stereocenters. The molecule has 5 heteroatoms. The van der Waals surface area contributed by atoms with Crippen molar-refractivity contribution in [3.05, 3.63) is 0 Å². The average Bonchev–Trinajstić information content (AvgIpc) is 2.28. The van der Waals surface area contributed by atoms with Gasteiger partial charge < -0.3 is 15.4 Å². The van der Waals surface area contributed by atoms with Gasteiger partial charge in [-0.05, 0) is 5.92 Å². The van der Waals surface area contributed by atoms with E-state index in [0.717, 1.165) is 0 Å². The lowest BCUT2D eigenvalue weighted by atomic mass is 10.0. The van der Waals surface area contributed by atoms with Crippen LogP contribution in [0.5, 0.6) is 0 Å². The summed E-state index contributed by atoms with van der Waals surface area (Å²) in [6.45, 7) is 5.43. The summed E-state index contributed by atoms with van der Waals surface area (Å²) in [5.74, 6) is 0.276. The van der Waals surface area contributed by atoms with E-state index in [2.05, 4.69) is 0 Å². The van der Waals surface area contributed by atoms with Crippen molar-refractivity contribution in [1.29, 1.82) is 5.26 Å². The highest BCUT2D eigenvalue weighted by atomic mass is 16.5. The van der Waals surface area contributed by atoms with Crippen molar-refractivity contribution in [3.63, 3.8) is 0 Å². The third-order valence-electron chi connectivity index (χ3n) is 2.68. The molecule has 0 heterocycles. The highest BCUT2D eigenvalue weighted by molar-refractivity contribution is 5.76. The van der Waals surface area contributed by atoms with Gasteiger partial charge in [-0.1, -0.05) is 13.8 Å². The van der Waals surface area contributed by atoms with E-state index < -0.39 is 0 Å². The summed E-state index contributed by atoms with van der Waals surface area (Å²) in [4.78, 5) is 13.6. The third-order valence-corrected chi connectivity index (χ3v) is 2.68. The lowest BCUT2D eigenvalue weighted by Crippen LogP contribution is -2.39. The minimum absolute atomic E-state index is 0.00139. The van der Waals surface area contributed by atoms with Crippen LogP contribution in [0.25, 0.3) is 0 Å². The van der Waals surface area contributed by atoms with Crippen molar-refractivity contribution in [2.24, 2.45) is 11.7 Å². The second kappa shape index (κ2) is 8.97. The first-order valence-corrected chi connectivity index (χ1v) is 5.92. The smallest absolute Gasteiger partial charge is 0.224 e. The second-order valence-corrected chi connectivity index (χ2v) is 4.39. The van der Waals surface area contributed by atoms with Crippen molar-refractivity contribution in [1.82, 2.24) is 4.90 Å². The van der Waals surface area contributed by atoms with Crippen LogP contribution in [0.1, 0.15) is 26.7 Å². The lowest BCUT2D eigenvalue weighted by Gasteiger charge is -2.24. The Bertz CT molecular complexity index is 261. The van der Waals surface area contributed by atoms with E-state index in [1.807, 2.05) is 19.9 Å². The molecule has 0 aromatic carbocycles. The first-order valence-electron chi connectivity index (χ1n) is 5.92. The summed E-state index contributed by atoms with van der Waals surface area (Å²) < 4.78 is 4.95. The van der Waals surface area contributed by atoms with Crippen molar-refractivity contribution in [3.8, 4) is 6.07 Å². The van der Waals surface area contributed by atoms with Gasteiger partial charge in [-0.2, -0.15) is 5.26 Å². The summed E-state index contributed by atoms with van der Waals surface area (Å²) in [6.07, 6.45) is 0.666. The Morgan fingerprint density at radius 2 is 2.12 bits per heavy atom. The van der Waals surface area contributed by atoms with Gasteiger partial charge >= 0.3 is 0 Å². The summed E-state index contributed by atoms with van der Waals surface area (Å²) in [5, 5.41) is 8.55. The fourth-order valence-electron chi connectivity index (χ4n) is 1.31. The summed E-state index contributed by atoms with van der Waals surface area (Å²) in [5.41, 5.74) is 5.87. The SMILES string of the molecule is COCCN(CCC#N)C(=O)CC(N)C(C)C. The molecule has 0 fully saturated rings. The van der Waals surface area contributed by atoms with E-state index in [-0.39, 0.29) is 17.9 Å². The maximum atomic E-state index is 12.0. The molecule has 0 rings (SSSR count). The van der Waals surface area contributed by atoms with Gasteiger partial charge in [0.25, 0.3) is 0 Å². The predicted molar refractivity (Wildman–Crippen MR) is 66.1 cm³/mol. The molecule has 0 radical (unpaired) electrons. The largest absolute Gasteiger partial charge is 0.383 e. The number of carbonyl (C=O) groups excluding carboxylic acids is 1. The fraction of sp³-hybridized carbons (Fsp3) is 0.833. The van der Waals surface area contributed by atoms with Gasteiger partial charge in [0, 0.05) is 32.7 Å². The minimum Gasteiger partial charge on any atom is -0.383 e. The Balaban J connectivity index is 4.26. The quantitative estimate of drug-likeness (QED) is 0.680. The van der Waals surface area contributed by atoms with Crippen LogP contribution in [0.2, 0.25) is 0 Å². The van der Waals surface area contributed by atoms with Crippen LogP contribution in [0.15, 0.2) is 0 Å². The highest BCUT2D eigenvalue weighted by Crippen LogP contribution is 2.06. The summed E-state index contributed by atoms with van der Waals surface area (Å²) in [6, 6.07) is 1.91. The molecule has 0 aliphatic heterocycles. The van der Waals surface area contributed by atoms with Crippen LogP contribution in [0, 0.1) is 17.2 Å². The van der Waals surface area contributed by atoms with Crippen molar-refractivity contribution in [2.45, 2.75) is 32.7 Å². The van der Waals surface area contributed by atoms with Gasteiger partial charge in [-0.25, -0.2) is 0 Å². The first kappa shape index (κ1) is 15.9. The molecule has 0 aliphatic rings. The molecule has 17 heavy (non-hydrogen) atoms. The van der Waals surface area contributed by atoms with E-state index in [1.165, 1.54) is 0 Å². The fourth-order valence-corrected chi connectivity index (χ4v) is 1.31. The van der Waals surface area contributed by atoms with Crippen molar-refractivity contribution in [2.75, 3.05) is 26.8 Å². The maximum Gasteiger partial charge on any atom is 0.224 e. The third kappa shape index (κ3) is 6.93. The van der Waals surface area contributed by atoms with Crippen LogP contribution in [0.4, 0.5) is 0 Å². The molecule has 0 bridgehead atoms. The average molecular weight is 241 g/mol. The molecule has 2 N–H and O–H groups in total. The molecule has 1 amide bonds. The number of amides is 1. The molecule has 0 aromatic rings. The van der Waals surface area contributed by atoms with Crippen molar-refractivity contribution < 1.29 is 9.53 Å². The van der Waals surface area contributed by atoms with E-state index in [4.69, 9.17) is 15.7 Å².